The fourth-order valence-corrected chi connectivity index (χ4v) is 2.18. The molecular formula is C13H14IO6-. The molecule has 0 unspecified atom stereocenters. The number of esters is 1. The van der Waals surface area contributed by atoms with E-state index in [1.165, 1.54) is 12.1 Å². The Bertz CT molecular complexity index is 500. The van der Waals surface area contributed by atoms with Gasteiger partial charge in [0.05, 0.1) is 22.8 Å². The highest BCUT2D eigenvalue weighted by Crippen LogP contribution is 2.34. The van der Waals surface area contributed by atoms with Crippen molar-refractivity contribution in [3.8, 4) is 11.5 Å². The van der Waals surface area contributed by atoms with Crippen molar-refractivity contribution in [1.29, 1.82) is 0 Å². The molecule has 0 saturated carbocycles. The Labute approximate surface area is 130 Å². The van der Waals surface area contributed by atoms with E-state index in [2.05, 4.69) is 0 Å². The number of halogens is 1. The summed E-state index contributed by atoms with van der Waals surface area (Å²) in [4.78, 5) is 22.2. The Morgan fingerprint density at radius 2 is 1.90 bits per heavy atom. The van der Waals surface area contributed by atoms with Gasteiger partial charge in [-0.1, -0.05) is 0 Å². The van der Waals surface area contributed by atoms with Gasteiger partial charge in [0.1, 0.15) is 0 Å². The highest BCUT2D eigenvalue weighted by atomic mass is 127. The van der Waals surface area contributed by atoms with Gasteiger partial charge in [-0.2, -0.15) is 0 Å². The van der Waals surface area contributed by atoms with Gasteiger partial charge < -0.3 is 24.1 Å². The van der Waals surface area contributed by atoms with Crippen LogP contribution in [0.2, 0.25) is 0 Å². The summed E-state index contributed by atoms with van der Waals surface area (Å²) in [5, 5.41) is 10.9. The molecule has 1 aromatic rings. The van der Waals surface area contributed by atoms with Crippen LogP contribution in [-0.2, 0) is 9.53 Å². The molecule has 0 amide bonds. The SMILES string of the molecule is CCOC(=O)COc1c(I)cc(C(=O)[O-])cc1OCC. The van der Waals surface area contributed by atoms with Gasteiger partial charge in [-0.25, -0.2) is 4.79 Å². The van der Waals surface area contributed by atoms with E-state index in [4.69, 9.17) is 14.2 Å². The molecule has 0 saturated heterocycles. The summed E-state index contributed by atoms with van der Waals surface area (Å²) >= 11 is 1.90. The highest BCUT2D eigenvalue weighted by Gasteiger charge is 2.14. The zero-order valence-electron chi connectivity index (χ0n) is 11.1. The van der Waals surface area contributed by atoms with E-state index in [9.17, 15) is 14.7 Å². The molecular weight excluding hydrogens is 379 g/mol. The predicted octanol–water partition coefficient (Wildman–Crippen LogP) is 0.995. The first-order valence-electron chi connectivity index (χ1n) is 5.95. The lowest BCUT2D eigenvalue weighted by atomic mass is 10.2. The number of carbonyl (C=O) groups excluding carboxylic acids is 2. The average Bonchev–Trinajstić information content (AvgIpc) is 2.38. The van der Waals surface area contributed by atoms with E-state index in [1.807, 2.05) is 22.6 Å². The first-order valence-corrected chi connectivity index (χ1v) is 7.03. The van der Waals surface area contributed by atoms with Crippen LogP contribution in [0.15, 0.2) is 12.1 Å². The van der Waals surface area contributed by atoms with Gasteiger partial charge in [-0.15, -0.1) is 0 Å². The first kappa shape index (κ1) is 16.5. The van der Waals surface area contributed by atoms with Gasteiger partial charge in [0.2, 0.25) is 0 Å². The minimum atomic E-state index is -1.30. The van der Waals surface area contributed by atoms with Gasteiger partial charge in [-0.05, 0) is 48.6 Å². The summed E-state index contributed by atoms with van der Waals surface area (Å²) in [5.41, 5.74) is -0.0127. The van der Waals surface area contributed by atoms with Crippen LogP contribution in [0.3, 0.4) is 0 Å². The molecule has 0 aliphatic carbocycles. The number of rotatable bonds is 7. The lowest BCUT2D eigenvalue weighted by molar-refractivity contribution is -0.255. The lowest BCUT2D eigenvalue weighted by Gasteiger charge is -2.15. The number of carboxylic acids is 1. The molecule has 0 radical (unpaired) electrons. The monoisotopic (exact) mass is 393 g/mol. The normalized spacial score (nSPS) is 9.95. The van der Waals surface area contributed by atoms with Crippen molar-refractivity contribution in [2.45, 2.75) is 13.8 Å². The van der Waals surface area contributed by atoms with Crippen LogP contribution < -0.4 is 14.6 Å². The maximum Gasteiger partial charge on any atom is 0.344 e. The largest absolute Gasteiger partial charge is 0.545 e. The summed E-state index contributed by atoms with van der Waals surface area (Å²) in [5.74, 6) is -1.25. The van der Waals surface area contributed by atoms with Gasteiger partial charge in [0.25, 0.3) is 0 Å². The lowest BCUT2D eigenvalue weighted by Crippen LogP contribution is -2.22. The molecule has 7 heteroatoms. The molecule has 0 heterocycles. The van der Waals surface area contributed by atoms with Gasteiger partial charge >= 0.3 is 5.97 Å². The van der Waals surface area contributed by atoms with E-state index in [0.717, 1.165) is 0 Å². The van der Waals surface area contributed by atoms with Crippen molar-refractivity contribution in [2.75, 3.05) is 19.8 Å². The van der Waals surface area contributed by atoms with E-state index >= 15 is 0 Å². The van der Waals surface area contributed by atoms with E-state index < -0.39 is 11.9 Å². The minimum absolute atomic E-state index is 0.0127. The molecule has 0 bridgehead atoms. The van der Waals surface area contributed by atoms with Crippen molar-refractivity contribution >= 4 is 34.5 Å². The number of carboxylic acid groups (broad SMARTS) is 1. The summed E-state index contributed by atoms with van der Waals surface area (Å²) < 4.78 is 15.9. The van der Waals surface area contributed by atoms with Crippen molar-refractivity contribution in [2.24, 2.45) is 0 Å². The Balaban J connectivity index is 2.98. The zero-order valence-corrected chi connectivity index (χ0v) is 13.3. The van der Waals surface area contributed by atoms with Gasteiger partial charge in [0, 0.05) is 5.56 Å². The van der Waals surface area contributed by atoms with Crippen LogP contribution in [-0.4, -0.2) is 31.8 Å². The molecule has 0 atom stereocenters. The Morgan fingerprint density at radius 3 is 2.45 bits per heavy atom. The maximum atomic E-state index is 11.3. The molecule has 0 spiro atoms. The number of benzene rings is 1. The topological polar surface area (TPSA) is 84.9 Å². The quantitative estimate of drug-likeness (QED) is 0.508. The van der Waals surface area contributed by atoms with Crippen LogP contribution in [0.5, 0.6) is 11.5 Å². The average molecular weight is 393 g/mol. The summed E-state index contributed by atoms with van der Waals surface area (Å²) in [6.45, 7) is 3.79. The van der Waals surface area contributed by atoms with E-state index in [1.54, 1.807) is 13.8 Å². The third kappa shape index (κ3) is 4.55. The van der Waals surface area contributed by atoms with Crippen LogP contribution in [0.25, 0.3) is 0 Å². The first-order chi connectivity index (χ1) is 9.49. The van der Waals surface area contributed by atoms with Crippen molar-refractivity contribution in [3.05, 3.63) is 21.3 Å². The number of carbonyl (C=O) groups is 2. The molecule has 0 aromatic heterocycles. The molecule has 110 valence electrons. The summed E-state index contributed by atoms with van der Waals surface area (Å²) in [6.07, 6.45) is 0. The van der Waals surface area contributed by atoms with Crippen molar-refractivity contribution < 1.29 is 28.9 Å². The standard InChI is InChI=1S/C13H15IO6/c1-3-18-10-6-8(13(16)17)5-9(14)12(10)20-7-11(15)19-4-2/h5-6H,3-4,7H2,1-2H3,(H,16,17)/p-1. The molecule has 0 aliphatic rings. The number of hydrogen-bond acceptors (Lipinski definition) is 6. The molecule has 20 heavy (non-hydrogen) atoms. The second-order valence-corrected chi connectivity index (χ2v) is 4.76. The molecule has 0 fully saturated rings. The predicted molar refractivity (Wildman–Crippen MR) is 76.8 cm³/mol. The molecule has 1 aromatic carbocycles. The summed E-state index contributed by atoms with van der Waals surface area (Å²) in [7, 11) is 0. The minimum Gasteiger partial charge on any atom is -0.545 e. The van der Waals surface area contributed by atoms with Gasteiger partial charge in [-0.3, -0.25) is 0 Å². The fraction of sp³-hybridized carbons (Fsp3) is 0.385. The number of hydrogen-bond donors (Lipinski definition) is 0. The van der Waals surface area contributed by atoms with Gasteiger partial charge in [0.15, 0.2) is 18.1 Å². The third-order valence-electron chi connectivity index (χ3n) is 2.18. The zero-order chi connectivity index (χ0) is 15.1. The second kappa shape index (κ2) is 7.93. The van der Waals surface area contributed by atoms with Crippen LogP contribution in [0.1, 0.15) is 24.2 Å². The Kier molecular flexibility index (Phi) is 6.56. The van der Waals surface area contributed by atoms with E-state index in [-0.39, 0.29) is 24.5 Å². The van der Waals surface area contributed by atoms with Crippen LogP contribution in [0.4, 0.5) is 0 Å². The Morgan fingerprint density at radius 1 is 1.20 bits per heavy atom. The third-order valence-corrected chi connectivity index (χ3v) is 2.99. The highest BCUT2D eigenvalue weighted by molar-refractivity contribution is 14.1. The number of aromatic carboxylic acids is 1. The second-order valence-electron chi connectivity index (χ2n) is 3.60. The molecule has 0 N–H and O–H groups in total. The number of ether oxygens (including phenoxy) is 3. The summed E-state index contributed by atoms with van der Waals surface area (Å²) in [6, 6.07) is 2.69. The fourth-order valence-electron chi connectivity index (χ4n) is 1.42. The van der Waals surface area contributed by atoms with E-state index in [0.29, 0.717) is 15.9 Å². The van der Waals surface area contributed by atoms with Crippen LogP contribution in [0, 0.1) is 3.57 Å². The van der Waals surface area contributed by atoms with Crippen molar-refractivity contribution in [1.82, 2.24) is 0 Å². The van der Waals surface area contributed by atoms with Crippen molar-refractivity contribution in [3.63, 3.8) is 0 Å². The smallest absolute Gasteiger partial charge is 0.344 e. The molecule has 1 rings (SSSR count). The maximum absolute atomic E-state index is 11.3. The Hall–Kier alpha value is -1.51. The molecule has 0 aliphatic heterocycles. The molecule has 6 nitrogen and oxygen atoms in total. The van der Waals surface area contributed by atoms with Crippen LogP contribution >= 0.6 is 22.6 Å².